The Balaban J connectivity index is 4.31. The second kappa shape index (κ2) is 34.0. The van der Waals surface area contributed by atoms with Crippen LogP contribution in [0.2, 0.25) is 0 Å². The largest absolute Gasteiger partial charge is 0.462 e. The van der Waals surface area contributed by atoms with Gasteiger partial charge in [0.15, 0.2) is 6.10 Å². The zero-order valence-electron chi connectivity index (χ0n) is 29.2. The van der Waals surface area contributed by atoms with Gasteiger partial charge in [-0.25, -0.2) is 0 Å². The van der Waals surface area contributed by atoms with Gasteiger partial charge in [-0.05, 0) is 38.5 Å². The van der Waals surface area contributed by atoms with Crippen LogP contribution in [0, 0.1) is 0 Å². The van der Waals surface area contributed by atoms with Crippen LogP contribution >= 0.6 is 0 Å². The summed E-state index contributed by atoms with van der Waals surface area (Å²) in [5.41, 5.74) is 0. The monoisotopic (exact) mass is 623 g/mol. The Morgan fingerprint density at radius 2 is 0.773 bits per heavy atom. The molecule has 1 unspecified atom stereocenters. The van der Waals surface area contributed by atoms with E-state index in [1.54, 1.807) is 0 Å². The van der Waals surface area contributed by atoms with Gasteiger partial charge < -0.3 is 14.2 Å². The van der Waals surface area contributed by atoms with Gasteiger partial charge in [0.05, 0.1) is 0 Å². The van der Waals surface area contributed by atoms with Crippen molar-refractivity contribution in [1.82, 2.24) is 0 Å². The standard InChI is InChI=1S/C38H70O6/c1-4-7-10-13-15-17-19-21-22-25-28-31-37(40)43-34-35(33-42-36(39)30-27-24-12-9-6-3)44-38(41)32-29-26-23-20-18-16-14-11-8-5-2/h13,15,35H,4-12,14,16-34H2,1-3H3/b15-13-. The maximum atomic E-state index is 12.5. The van der Waals surface area contributed by atoms with Crippen LogP contribution in [0.25, 0.3) is 0 Å². The first-order valence-electron chi connectivity index (χ1n) is 18.7. The molecule has 0 heterocycles. The Kier molecular flexibility index (Phi) is 32.6. The second-order valence-electron chi connectivity index (χ2n) is 12.5. The predicted molar refractivity (Wildman–Crippen MR) is 183 cm³/mol. The summed E-state index contributed by atoms with van der Waals surface area (Å²) in [6, 6.07) is 0. The molecule has 0 amide bonds. The highest BCUT2D eigenvalue weighted by Gasteiger charge is 2.19. The van der Waals surface area contributed by atoms with E-state index in [-0.39, 0.29) is 31.1 Å². The molecule has 0 saturated heterocycles. The topological polar surface area (TPSA) is 78.9 Å². The van der Waals surface area contributed by atoms with E-state index < -0.39 is 6.10 Å². The summed E-state index contributed by atoms with van der Waals surface area (Å²) >= 11 is 0. The first-order chi connectivity index (χ1) is 21.5. The molecule has 0 aliphatic heterocycles. The van der Waals surface area contributed by atoms with Crippen molar-refractivity contribution in [3.05, 3.63) is 12.2 Å². The smallest absolute Gasteiger partial charge is 0.306 e. The number of allylic oxidation sites excluding steroid dienone is 2. The fourth-order valence-corrected chi connectivity index (χ4v) is 5.13. The Labute approximate surface area is 271 Å². The quantitative estimate of drug-likeness (QED) is 0.0313. The molecule has 0 aliphatic rings. The lowest BCUT2D eigenvalue weighted by atomic mass is 10.1. The van der Waals surface area contributed by atoms with Crippen molar-refractivity contribution in [3.8, 4) is 0 Å². The van der Waals surface area contributed by atoms with Gasteiger partial charge in [0, 0.05) is 19.3 Å². The highest BCUT2D eigenvalue weighted by molar-refractivity contribution is 5.71. The number of carbonyl (C=O) groups excluding carboxylic acids is 3. The summed E-state index contributed by atoms with van der Waals surface area (Å²) in [6.45, 7) is 6.47. The Morgan fingerprint density at radius 3 is 1.20 bits per heavy atom. The van der Waals surface area contributed by atoms with Crippen LogP contribution in [0.1, 0.15) is 194 Å². The van der Waals surface area contributed by atoms with E-state index in [9.17, 15) is 14.4 Å². The summed E-state index contributed by atoms with van der Waals surface area (Å²) in [7, 11) is 0. The van der Waals surface area contributed by atoms with Gasteiger partial charge in [-0.3, -0.25) is 14.4 Å². The molecule has 6 heteroatoms. The van der Waals surface area contributed by atoms with Crippen molar-refractivity contribution >= 4 is 17.9 Å². The number of esters is 3. The molecule has 0 aromatic rings. The normalized spacial score (nSPS) is 12.0. The van der Waals surface area contributed by atoms with Gasteiger partial charge in [-0.2, -0.15) is 0 Å². The SMILES string of the molecule is CCCC/C=C\CCCCCCCC(=O)OCC(COC(=O)CCCCCCC)OC(=O)CCCCCCCCCCCC. The molecule has 44 heavy (non-hydrogen) atoms. The van der Waals surface area contributed by atoms with Crippen molar-refractivity contribution in [2.24, 2.45) is 0 Å². The van der Waals surface area contributed by atoms with Crippen LogP contribution in [0.4, 0.5) is 0 Å². The van der Waals surface area contributed by atoms with E-state index in [0.717, 1.165) is 70.6 Å². The number of ether oxygens (including phenoxy) is 3. The molecule has 0 aromatic heterocycles. The predicted octanol–water partition coefficient (Wildman–Crippen LogP) is 11.1. The zero-order valence-corrected chi connectivity index (χ0v) is 29.2. The molecule has 0 fully saturated rings. The van der Waals surface area contributed by atoms with Crippen LogP contribution in [0.3, 0.4) is 0 Å². The molecule has 0 aromatic carbocycles. The number of hydrogen-bond donors (Lipinski definition) is 0. The minimum absolute atomic E-state index is 0.0717. The third-order valence-electron chi connectivity index (χ3n) is 8.02. The maximum absolute atomic E-state index is 12.5. The summed E-state index contributed by atoms with van der Waals surface area (Å²) in [4.78, 5) is 37.1. The van der Waals surface area contributed by atoms with E-state index >= 15 is 0 Å². The fourth-order valence-electron chi connectivity index (χ4n) is 5.13. The van der Waals surface area contributed by atoms with Crippen LogP contribution < -0.4 is 0 Å². The van der Waals surface area contributed by atoms with Crippen molar-refractivity contribution in [2.45, 2.75) is 200 Å². The average molecular weight is 623 g/mol. The van der Waals surface area contributed by atoms with Gasteiger partial charge in [0.1, 0.15) is 13.2 Å². The molecule has 258 valence electrons. The summed E-state index contributed by atoms with van der Waals surface area (Å²) < 4.78 is 16.5. The van der Waals surface area contributed by atoms with E-state index in [2.05, 4.69) is 32.9 Å². The first kappa shape index (κ1) is 42.1. The lowest BCUT2D eigenvalue weighted by Gasteiger charge is -2.18. The third kappa shape index (κ3) is 31.6. The molecular formula is C38H70O6. The van der Waals surface area contributed by atoms with Crippen molar-refractivity contribution in [2.75, 3.05) is 13.2 Å². The lowest BCUT2D eigenvalue weighted by molar-refractivity contribution is -0.167. The molecule has 0 saturated carbocycles. The van der Waals surface area contributed by atoms with Gasteiger partial charge in [-0.15, -0.1) is 0 Å². The average Bonchev–Trinajstić information content (AvgIpc) is 3.02. The summed E-state index contributed by atoms with van der Waals surface area (Å²) in [5.74, 6) is -0.900. The van der Waals surface area contributed by atoms with E-state index in [1.807, 2.05) is 0 Å². The van der Waals surface area contributed by atoms with Crippen molar-refractivity contribution in [3.63, 3.8) is 0 Å². The Hall–Kier alpha value is -1.85. The molecule has 6 nitrogen and oxygen atoms in total. The van der Waals surface area contributed by atoms with Crippen LogP contribution in [-0.4, -0.2) is 37.2 Å². The van der Waals surface area contributed by atoms with Gasteiger partial charge >= 0.3 is 17.9 Å². The molecule has 0 rings (SSSR count). The van der Waals surface area contributed by atoms with Gasteiger partial charge in [0.25, 0.3) is 0 Å². The number of carbonyl (C=O) groups is 3. The van der Waals surface area contributed by atoms with E-state index in [4.69, 9.17) is 14.2 Å². The third-order valence-corrected chi connectivity index (χ3v) is 8.02. The van der Waals surface area contributed by atoms with Crippen molar-refractivity contribution in [1.29, 1.82) is 0 Å². The lowest BCUT2D eigenvalue weighted by Crippen LogP contribution is -2.30. The molecule has 1 atom stereocenters. The Bertz CT molecular complexity index is 689. The summed E-state index contributed by atoms with van der Waals surface area (Å²) in [6.07, 6.45) is 32.2. The summed E-state index contributed by atoms with van der Waals surface area (Å²) in [5, 5.41) is 0. The van der Waals surface area contributed by atoms with Crippen molar-refractivity contribution < 1.29 is 28.6 Å². The minimum atomic E-state index is -0.760. The maximum Gasteiger partial charge on any atom is 0.306 e. The Morgan fingerprint density at radius 1 is 0.432 bits per heavy atom. The van der Waals surface area contributed by atoms with E-state index in [0.29, 0.717) is 19.3 Å². The first-order valence-corrected chi connectivity index (χ1v) is 18.7. The van der Waals surface area contributed by atoms with Crippen LogP contribution in [0.5, 0.6) is 0 Å². The minimum Gasteiger partial charge on any atom is -0.462 e. The van der Waals surface area contributed by atoms with Gasteiger partial charge in [0.2, 0.25) is 0 Å². The highest BCUT2D eigenvalue weighted by Crippen LogP contribution is 2.13. The van der Waals surface area contributed by atoms with Gasteiger partial charge in [-0.1, -0.05) is 148 Å². The molecule has 0 radical (unpaired) electrons. The molecule has 0 spiro atoms. The highest BCUT2D eigenvalue weighted by atomic mass is 16.6. The second-order valence-corrected chi connectivity index (χ2v) is 12.5. The molecule has 0 aliphatic carbocycles. The number of hydrogen-bond acceptors (Lipinski definition) is 6. The number of rotatable bonds is 33. The molecule has 0 N–H and O–H groups in total. The zero-order chi connectivity index (χ0) is 32.4. The molecular weight excluding hydrogens is 552 g/mol. The molecule has 0 bridgehead atoms. The van der Waals surface area contributed by atoms with Crippen LogP contribution in [0.15, 0.2) is 12.2 Å². The fraction of sp³-hybridized carbons (Fsp3) is 0.868. The van der Waals surface area contributed by atoms with Crippen LogP contribution in [-0.2, 0) is 28.6 Å². The number of unbranched alkanes of at least 4 members (excludes halogenated alkanes) is 20. The van der Waals surface area contributed by atoms with E-state index in [1.165, 1.54) is 83.5 Å².